The van der Waals surface area contributed by atoms with E-state index in [0.717, 1.165) is 16.8 Å². The maximum absolute atomic E-state index is 12.5. The predicted octanol–water partition coefficient (Wildman–Crippen LogP) is 4.26. The van der Waals surface area contributed by atoms with Crippen LogP contribution in [-0.4, -0.2) is 18.4 Å². The number of amides is 2. The van der Waals surface area contributed by atoms with E-state index in [0.29, 0.717) is 17.3 Å². The van der Waals surface area contributed by atoms with Crippen LogP contribution in [0.2, 0.25) is 5.02 Å². The Morgan fingerprint density at radius 1 is 1.08 bits per heavy atom. The van der Waals surface area contributed by atoms with E-state index in [-0.39, 0.29) is 24.2 Å². The van der Waals surface area contributed by atoms with Crippen molar-refractivity contribution in [3.63, 3.8) is 0 Å². The molecule has 130 valence electrons. The largest absolute Gasteiger partial charge is 0.326 e. The summed E-state index contributed by atoms with van der Waals surface area (Å²) in [7, 11) is 0. The standard InChI is InChI=1S/C20H21ClN2O2/c1-12-5-7-17(8-14(12)3)23-11-15(9-19(23)24)20(25)22-16-6-4-13(2)18(21)10-16/h4-8,10,15H,9,11H2,1-3H3,(H,22,25)/t15-/m0/s1. The number of carbonyl (C=O) groups excluding carboxylic acids is 2. The Balaban J connectivity index is 1.71. The molecule has 2 aromatic rings. The molecule has 2 amide bonds. The minimum absolute atomic E-state index is 0.0228. The number of carbonyl (C=O) groups is 2. The highest BCUT2D eigenvalue weighted by atomic mass is 35.5. The molecule has 25 heavy (non-hydrogen) atoms. The fraction of sp³-hybridized carbons (Fsp3) is 0.300. The highest BCUT2D eigenvalue weighted by molar-refractivity contribution is 6.31. The first-order chi connectivity index (χ1) is 11.8. The Morgan fingerprint density at radius 3 is 2.48 bits per heavy atom. The Labute approximate surface area is 152 Å². The fourth-order valence-electron chi connectivity index (χ4n) is 2.94. The third kappa shape index (κ3) is 3.69. The Morgan fingerprint density at radius 2 is 1.80 bits per heavy atom. The summed E-state index contributed by atoms with van der Waals surface area (Å²) in [6, 6.07) is 11.3. The van der Waals surface area contributed by atoms with Gasteiger partial charge in [0.25, 0.3) is 0 Å². The van der Waals surface area contributed by atoms with Crippen LogP contribution in [0.15, 0.2) is 36.4 Å². The van der Waals surface area contributed by atoms with Crippen LogP contribution in [0.5, 0.6) is 0 Å². The van der Waals surface area contributed by atoms with Gasteiger partial charge in [-0.1, -0.05) is 23.7 Å². The first kappa shape index (κ1) is 17.5. The molecule has 0 saturated carbocycles. The molecule has 1 aliphatic rings. The summed E-state index contributed by atoms with van der Waals surface area (Å²) in [6.45, 7) is 6.36. The van der Waals surface area contributed by atoms with Gasteiger partial charge >= 0.3 is 0 Å². The molecule has 1 fully saturated rings. The van der Waals surface area contributed by atoms with Gasteiger partial charge in [-0.2, -0.15) is 0 Å². The minimum atomic E-state index is -0.366. The lowest BCUT2D eigenvalue weighted by Gasteiger charge is -2.18. The van der Waals surface area contributed by atoms with Gasteiger partial charge in [-0.3, -0.25) is 9.59 Å². The molecule has 0 aliphatic carbocycles. The van der Waals surface area contributed by atoms with Crippen molar-refractivity contribution in [2.45, 2.75) is 27.2 Å². The third-order valence-electron chi connectivity index (χ3n) is 4.74. The van der Waals surface area contributed by atoms with Gasteiger partial charge in [0.05, 0.1) is 5.92 Å². The topological polar surface area (TPSA) is 49.4 Å². The molecule has 0 bridgehead atoms. The Bertz CT molecular complexity index is 848. The number of nitrogens with zero attached hydrogens (tertiary/aromatic N) is 1. The number of aryl methyl sites for hydroxylation is 3. The van der Waals surface area contributed by atoms with Gasteiger partial charge in [-0.25, -0.2) is 0 Å². The summed E-state index contributed by atoms with van der Waals surface area (Å²) in [6.07, 6.45) is 0.221. The van der Waals surface area contributed by atoms with Gasteiger partial charge in [0, 0.05) is 29.4 Å². The van der Waals surface area contributed by atoms with Crippen molar-refractivity contribution in [3.05, 3.63) is 58.1 Å². The molecule has 1 N–H and O–H groups in total. The second-order valence-electron chi connectivity index (χ2n) is 6.63. The molecule has 0 spiro atoms. The van der Waals surface area contributed by atoms with Crippen molar-refractivity contribution in [1.29, 1.82) is 0 Å². The highest BCUT2D eigenvalue weighted by Crippen LogP contribution is 2.28. The summed E-state index contributed by atoms with van der Waals surface area (Å²) < 4.78 is 0. The lowest BCUT2D eigenvalue weighted by atomic mass is 10.1. The molecule has 3 rings (SSSR count). The van der Waals surface area contributed by atoms with Crippen molar-refractivity contribution in [2.24, 2.45) is 5.92 Å². The number of rotatable bonds is 3. The van der Waals surface area contributed by atoms with Gasteiger partial charge < -0.3 is 10.2 Å². The van der Waals surface area contributed by atoms with E-state index in [1.165, 1.54) is 5.56 Å². The van der Waals surface area contributed by atoms with Crippen LogP contribution in [0.3, 0.4) is 0 Å². The van der Waals surface area contributed by atoms with Gasteiger partial charge in [-0.15, -0.1) is 0 Å². The molecular weight excluding hydrogens is 336 g/mol. The van der Waals surface area contributed by atoms with Crippen LogP contribution in [0.4, 0.5) is 11.4 Å². The van der Waals surface area contributed by atoms with E-state index < -0.39 is 0 Å². The predicted molar refractivity (Wildman–Crippen MR) is 101 cm³/mol. The van der Waals surface area contributed by atoms with Gasteiger partial charge in [0.15, 0.2) is 0 Å². The second kappa shape index (κ2) is 6.89. The number of halogens is 1. The van der Waals surface area contributed by atoms with Crippen LogP contribution in [0.1, 0.15) is 23.1 Å². The quantitative estimate of drug-likeness (QED) is 0.893. The van der Waals surface area contributed by atoms with E-state index in [1.54, 1.807) is 11.0 Å². The SMILES string of the molecule is Cc1ccc(N2C[C@@H](C(=O)Nc3ccc(C)c(Cl)c3)CC2=O)cc1C. The maximum atomic E-state index is 12.5. The average Bonchev–Trinajstić information content (AvgIpc) is 2.95. The summed E-state index contributed by atoms with van der Waals surface area (Å²) in [5.74, 6) is -0.542. The zero-order chi connectivity index (χ0) is 18.1. The third-order valence-corrected chi connectivity index (χ3v) is 5.14. The molecule has 0 unspecified atom stereocenters. The fourth-order valence-corrected chi connectivity index (χ4v) is 3.12. The molecule has 2 aromatic carbocycles. The first-order valence-corrected chi connectivity index (χ1v) is 8.67. The van der Waals surface area contributed by atoms with E-state index in [2.05, 4.69) is 5.32 Å². The molecular formula is C20H21ClN2O2. The second-order valence-corrected chi connectivity index (χ2v) is 7.03. The van der Waals surface area contributed by atoms with Crippen molar-refractivity contribution < 1.29 is 9.59 Å². The normalized spacial score (nSPS) is 17.0. The summed E-state index contributed by atoms with van der Waals surface area (Å²) in [5.41, 5.74) is 4.77. The minimum Gasteiger partial charge on any atom is -0.326 e. The summed E-state index contributed by atoms with van der Waals surface area (Å²) >= 11 is 6.10. The van der Waals surface area contributed by atoms with Gasteiger partial charge in [0.2, 0.25) is 11.8 Å². The van der Waals surface area contributed by atoms with E-state index in [4.69, 9.17) is 11.6 Å². The monoisotopic (exact) mass is 356 g/mol. The Hall–Kier alpha value is -2.33. The van der Waals surface area contributed by atoms with E-state index in [9.17, 15) is 9.59 Å². The van der Waals surface area contributed by atoms with Crippen molar-refractivity contribution in [3.8, 4) is 0 Å². The van der Waals surface area contributed by atoms with Crippen LogP contribution in [0, 0.1) is 26.7 Å². The van der Waals surface area contributed by atoms with Crippen LogP contribution in [0.25, 0.3) is 0 Å². The molecule has 0 aromatic heterocycles. The number of nitrogens with one attached hydrogen (secondary N) is 1. The number of anilines is 2. The maximum Gasteiger partial charge on any atom is 0.229 e. The smallest absolute Gasteiger partial charge is 0.229 e. The molecule has 0 radical (unpaired) electrons. The number of benzene rings is 2. The van der Waals surface area contributed by atoms with Crippen LogP contribution in [-0.2, 0) is 9.59 Å². The zero-order valence-electron chi connectivity index (χ0n) is 14.6. The molecule has 4 nitrogen and oxygen atoms in total. The van der Waals surface area contributed by atoms with Gasteiger partial charge in [0.1, 0.15) is 0 Å². The molecule has 1 aliphatic heterocycles. The molecule has 5 heteroatoms. The highest BCUT2D eigenvalue weighted by Gasteiger charge is 2.35. The first-order valence-electron chi connectivity index (χ1n) is 8.30. The zero-order valence-corrected chi connectivity index (χ0v) is 15.4. The van der Waals surface area contributed by atoms with Crippen LogP contribution >= 0.6 is 11.6 Å². The lowest BCUT2D eigenvalue weighted by molar-refractivity contribution is -0.122. The van der Waals surface area contributed by atoms with E-state index in [1.807, 2.05) is 51.1 Å². The van der Waals surface area contributed by atoms with Gasteiger partial charge in [-0.05, 0) is 61.7 Å². The molecule has 1 heterocycles. The Kier molecular flexibility index (Phi) is 4.82. The van der Waals surface area contributed by atoms with E-state index >= 15 is 0 Å². The molecule has 1 atom stereocenters. The summed E-state index contributed by atoms with van der Waals surface area (Å²) in [5, 5.41) is 3.47. The number of hydrogen-bond acceptors (Lipinski definition) is 2. The average molecular weight is 357 g/mol. The summed E-state index contributed by atoms with van der Waals surface area (Å²) in [4.78, 5) is 26.6. The van der Waals surface area contributed by atoms with Crippen LogP contribution < -0.4 is 10.2 Å². The van der Waals surface area contributed by atoms with Crippen molar-refractivity contribution in [1.82, 2.24) is 0 Å². The lowest BCUT2D eigenvalue weighted by Crippen LogP contribution is -2.28. The van der Waals surface area contributed by atoms with Crippen molar-refractivity contribution in [2.75, 3.05) is 16.8 Å². The van der Waals surface area contributed by atoms with Crippen molar-refractivity contribution >= 4 is 34.8 Å². The molecule has 1 saturated heterocycles. The number of hydrogen-bond donors (Lipinski definition) is 1.